The monoisotopic (exact) mass is 610 g/mol. The summed E-state index contributed by atoms with van der Waals surface area (Å²) in [6.07, 6.45) is 7.45. The third-order valence-corrected chi connectivity index (χ3v) is 12.6. The van der Waals surface area contributed by atoms with E-state index in [1.54, 1.807) is 0 Å². The van der Waals surface area contributed by atoms with Crippen LogP contribution in [0, 0.1) is 52.3 Å². The molecule has 0 N–H and O–H groups in total. The molecule has 4 fully saturated rings. The van der Waals surface area contributed by atoms with Crippen molar-refractivity contribution in [2.24, 2.45) is 52.3 Å². The number of fused-ring (bicyclic) bond motifs is 5. The SMILES string of the molecule is CC(C)CCC[C@@H](C)[C@H]1CC[C@H]2[C@@H]3CC[C@H]4C[C@H](I)[C@H](OC(=O)C(F)(F)F)C[C@]4(C)[C@H]3CC[C@]12C. The molecule has 4 aliphatic rings. The summed E-state index contributed by atoms with van der Waals surface area (Å²) < 4.78 is 43.9. The summed E-state index contributed by atoms with van der Waals surface area (Å²) in [5.74, 6) is 2.83. The van der Waals surface area contributed by atoms with Gasteiger partial charge in [-0.2, -0.15) is 13.2 Å². The summed E-state index contributed by atoms with van der Waals surface area (Å²) in [5, 5.41) is 0. The number of ether oxygens (including phenoxy) is 1. The number of carbonyl (C=O) groups excluding carboxylic acids is 1. The van der Waals surface area contributed by atoms with Crippen molar-refractivity contribution in [1.82, 2.24) is 0 Å². The van der Waals surface area contributed by atoms with Gasteiger partial charge in [0.1, 0.15) is 6.10 Å². The molecular formula is C29H46F3IO2. The topological polar surface area (TPSA) is 26.3 Å². The van der Waals surface area contributed by atoms with E-state index in [0.29, 0.717) is 29.6 Å². The highest BCUT2D eigenvalue weighted by Crippen LogP contribution is 2.68. The van der Waals surface area contributed by atoms with Crippen LogP contribution in [0.3, 0.4) is 0 Å². The van der Waals surface area contributed by atoms with Crippen molar-refractivity contribution < 1.29 is 22.7 Å². The third-order valence-electron chi connectivity index (χ3n) is 11.3. The molecule has 4 aliphatic carbocycles. The van der Waals surface area contributed by atoms with E-state index >= 15 is 0 Å². The minimum Gasteiger partial charge on any atom is -0.455 e. The molecule has 0 unspecified atom stereocenters. The molecule has 0 aromatic carbocycles. The van der Waals surface area contributed by atoms with Crippen LogP contribution >= 0.6 is 22.6 Å². The lowest BCUT2D eigenvalue weighted by atomic mass is 9.44. The molecule has 0 aliphatic heterocycles. The van der Waals surface area contributed by atoms with Crippen LogP contribution in [0.25, 0.3) is 0 Å². The predicted molar refractivity (Wildman–Crippen MR) is 142 cm³/mol. The molecule has 4 rings (SSSR count). The lowest BCUT2D eigenvalue weighted by Crippen LogP contribution is -2.56. The average Bonchev–Trinajstić information content (AvgIpc) is 3.11. The molecule has 4 saturated carbocycles. The van der Waals surface area contributed by atoms with E-state index in [-0.39, 0.29) is 9.34 Å². The van der Waals surface area contributed by atoms with Crippen LogP contribution in [0.15, 0.2) is 0 Å². The van der Waals surface area contributed by atoms with Gasteiger partial charge in [-0.15, -0.1) is 0 Å². The van der Waals surface area contributed by atoms with Gasteiger partial charge in [0.15, 0.2) is 0 Å². The van der Waals surface area contributed by atoms with Crippen molar-refractivity contribution in [2.45, 2.75) is 121 Å². The number of hydrogen-bond donors (Lipinski definition) is 0. The van der Waals surface area contributed by atoms with Crippen LogP contribution < -0.4 is 0 Å². The van der Waals surface area contributed by atoms with Crippen LogP contribution in [-0.4, -0.2) is 22.2 Å². The maximum absolute atomic E-state index is 13.0. The minimum absolute atomic E-state index is 0.0244. The van der Waals surface area contributed by atoms with E-state index in [9.17, 15) is 18.0 Å². The van der Waals surface area contributed by atoms with E-state index in [4.69, 9.17) is 4.74 Å². The predicted octanol–water partition coefficient (Wildman–Crippen LogP) is 9.00. The Kier molecular flexibility index (Phi) is 8.23. The Bertz CT molecular complexity index is 770. The van der Waals surface area contributed by atoms with E-state index in [2.05, 4.69) is 57.2 Å². The lowest BCUT2D eigenvalue weighted by Gasteiger charge is -2.62. The standard InChI is InChI=1S/C29H46F3IO2/c1-17(2)7-6-8-18(3)21-11-12-22-20-10-9-19-15-24(33)25(35-26(34)29(30,31)32)16-28(19,5)23(20)13-14-27(21,22)4/h17-25H,6-16H2,1-5H3/t18-,19+,20+,21-,22+,23+,24+,25-,27-,28+/m1/s1. The normalized spacial score (nSPS) is 44.3. The first-order chi connectivity index (χ1) is 16.3. The second-order valence-corrected chi connectivity index (χ2v) is 15.2. The Balaban J connectivity index is 1.48. The second-order valence-electron chi connectivity index (χ2n) is 13.6. The minimum atomic E-state index is -4.92. The third kappa shape index (κ3) is 5.30. The fourth-order valence-electron chi connectivity index (χ4n) is 9.57. The first-order valence-corrected chi connectivity index (χ1v) is 15.4. The van der Waals surface area contributed by atoms with Crippen LogP contribution in [-0.2, 0) is 9.53 Å². The second kappa shape index (κ2) is 10.3. The molecular weight excluding hydrogens is 564 g/mol. The average molecular weight is 611 g/mol. The van der Waals surface area contributed by atoms with Crippen molar-refractivity contribution in [3.63, 3.8) is 0 Å². The van der Waals surface area contributed by atoms with E-state index < -0.39 is 18.2 Å². The van der Waals surface area contributed by atoms with Crippen LogP contribution in [0.1, 0.15) is 105 Å². The molecule has 202 valence electrons. The van der Waals surface area contributed by atoms with Crippen LogP contribution in [0.5, 0.6) is 0 Å². The molecule has 0 spiro atoms. The summed E-state index contributed by atoms with van der Waals surface area (Å²) >= 11 is 2.23. The molecule has 0 aromatic heterocycles. The number of carbonyl (C=O) groups is 1. The van der Waals surface area contributed by atoms with Gasteiger partial charge in [-0.3, -0.25) is 0 Å². The van der Waals surface area contributed by atoms with Crippen molar-refractivity contribution in [1.29, 1.82) is 0 Å². The van der Waals surface area contributed by atoms with Gasteiger partial charge in [0, 0.05) is 3.92 Å². The fraction of sp³-hybridized carbons (Fsp3) is 0.966. The Morgan fingerprint density at radius 3 is 2.34 bits per heavy atom. The number of halogens is 4. The van der Waals surface area contributed by atoms with Gasteiger partial charge >= 0.3 is 12.1 Å². The van der Waals surface area contributed by atoms with Gasteiger partial charge in [-0.1, -0.05) is 76.5 Å². The molecule has 0 bridgehead atoms. The molecule has 2 nitrogen and oxygen atoms in total. The number of rotatable bonds is 6. The van der Waals surface area contributed by atoms with Gasteiger partial charge in [0.25, 0.3) is 0 Å². The Labute approximate surface area is 224 Å². The Morgan fingerprint density at radius 1 is 1.00 bits per heavy atom. The van der Waals surface area contributed by atoms with E-state index in [1.807, 2.05) is 0 Å². The van der Waals surface area contributed by atoms with Crippen molar-refractivity contribution >= 4 is 28.6 Å². The summed E-state index contributed by atoms with van der Waals surface area (Å²) in [6.45, 7) is 12.0. The molecule has 0 heterocycles. The summed E-state index contributed by atoms with van der Waals surface area (Å²) in [6, 6.07) is 0. The molecule has 0 aromatic rings. The quantitative estimate of drug-likeness (QED) is 0.171. The first kappa shape index (κ1) is 28.0. The molecule has 0 amide bonds. The first-order valence-electron chi connectivity index (χ1n) is 14.2. The smallest absolute Gasteiger partial charge is 0.455 e. The van der Waals surface area contributed by atoms with Gasteiger partial charge in [0.2, 0.25) is 0 Å². The maximum atomic E-state index is 13.0. The highest BCUT2D eigenvalue weighted by Gasteiger charge is 2.62. The number of esters is 1. The molecule has 10 atom stereocenters. The van der Waals surface area contributed by atoms with Crippen molar-refractivity contribution in [2.75, 3.05) is 0 Å². The molecule has 0 saturated heterocycles. The number of alkyl halides is 4. The van der Waals surface area contributed by atoms with Gasteiger partial charge in [-0.25, -0.2) is 4.79 Å². The van der Waals surface area contributed by atoms with E-state index in [0.717, 1.165) is 30.1 Å². The van der Waals surface area contributed by atoms with Crippen LogP contribution in [0.4, 0.5) is 13.2 Å². The zero-order valence-electron chi connectivity index (χ0n) is 22.3. The zero-order valence-corrected chi connectivity index (χ0v) is 24.5. The Hall–Kier alpha value is -0.0100. The van der Waals surface area contributed by atoms with Gasteiger partial charge in [-0.05, 0) is 104 Å². The highest BCUT2D eigenvalue weighted by molar-refractivity contribution is 14.1. The van der Waals surface area contributed by atoms with Gasteiger partial charge < -0.3 is 4.74 Å². The largest absolute Gasteiger partial charge is 0.490 e. The Morgan fingerprint density at radius 2 is 1.69 bits per heavy atom. The van der Waals surface area contributed by atoms with Crippen LogP contribution in [0.2, 0.25) is 0 Å². The van der Waals surface area contributed by atoms with Crippen molar-refractivity contribution in [3.05, 3.63) is 0 Å². The van der Waals surface area contributed by atoms with Crippen molar-refractivity contribution in [3.8, 4) is 0 Å². The fourth-order valence-corrected chi connectivity index (χ4v) is 10.6. The highest BCUT2D eigenvalue weighted by atomic mass is 127. The summed E-state index contributed by atoms with van der Waals surface area (Å²) in [4.78, 5) is 11.7. The summed E-state index contributed by atoms with van der Waals surface area (Å²) in [7, 11) is 0. The summed E-state index contributed by atoms with van der Waals surface area (Å²) in [5.41, 5.74) is 0.383. The number of hydrogen-bond acceptors (Lipinski definition) is 2. The van der Waals surface area contributed by atoms with E-state index in [1.165, 1.54) is 57.8 Å². The molecule has 0 radical (unpaired) electrons. The zero-order chi connectivity index (χ0) is 25.8. The van der Waals surface area contributed by atoms with Gasteiger partial charge in [0.05, 0.1) is 0 Å². The maximum Gasteiger partial charge on any atom is 0.490 e. The molecule has 6 heteroatoms. The lowest BCUT2D eigenvalue weighted by molar-refractivity contribution is -0.211. The molecule has 35 heavy (non-hydrogen) atoms.